The maximum Gasteiger partial charge on any atom is 0.237 e. The molecule has 1 saturated heterocycles. The van der Waals surface area contributed by atoms with Gasteiger partial charge in [0.25, 0.3) is 0 Å². The van der Waals surface area contributed by atoms with Gasteiger partial charge >= 0.3 is 0 Å². The number of benzene rings is 1. The molecule has 5 nitrogen and oxygen atoms in total. The van der Waals surface area contributed by atoms with Crippen LogP contribution in [0.25, 0.3) is 10.9 Å². The number of nitrogens with two attached hydrogens (primary N) is 1. The van der Waals surface area contributed by atoms with Crippen LogP contribution in [0.4, 0.5) is 0 Å². The summed E-state index contributed by atoms with van der Waals surface area (Å²) in [6.07, 6.45) is 1.73. The predicted molar refractivity (Wildman–Crippen MR) is 91.1 cm³/mol. The van der Waals surface area contributed by atoms with E-state index in [1.54, 1.807) is 0 Å². The van der Waals surface area contributed by atoms with Crippen LogP contribution < -0.4 is 11.1 Å². The molecule has 0 saturated carbocycles. The number of aryl methyl sites for hydroxylation is 2. The molecule has 4 N–H and O–H groups in total. The summed E-state index contributed by atoms with van der Waals surface area (Å²) in [5, 5.41) is 4.18. The molecule has 2 aromatic rings. The minimum atomic E-state index is -0.445. The molecule has 5 heteroatoms. The number of aromatic amines is 1. The number of ether oxygens (including phenoxy) is 1. The second-order valence-electron chi connectivity index (χ2n) is 6.45. The van der Waals surface area contributed by atoms with Crippen LogP contribution in [0.1, 0.15) is 29.7 Å². The molecule has 1 aliphatic rings. The summed E-state index contributed by atoms with van der Waals surface area (Å²) < 4.78 is 5.32. The highest BCUT2D eigenvalue weighted by molar-refractivity contribution is 5.85. The van der Waals surface area contributed by atoms with Gasteiger partial charge in [-0.1, -0.05) is 6.07 Å². The minimum absolute atomic E-state index is 0.0704. The van der Waals surface area contributed by atoms with Gasteiger partial charge in [-0.3, -0.25) is 4.79 Å². The van der Waals surface area contributed by atoms with Crippen molar-refractivity contribution in [1.82, 2.24) is 10.3 Å². The number of rotatable bonds is 4. The molecule has 23 heavy (non-hydrogen) atoms. The number of hydrogen-bond acceptors (Lipinski definition) is 3. The average Bonchev–Trinajstić information content (AvgIpc) is 2.87. The van der Waals surface area contributed by atoms with Gasteiger partial charge in [0.1, 0.15) is 0 Å². The van der Waals surface area contributed by atoms with Gasteiger partial charge in [0, 0.05) is 36.4 Å². The van der Waals surface area contributed by atoms with Crippen molar-refractivity contribution in [3.05, 3.63) is 35.0 Å². The van der Waals surface area contributed by atoms with Gasteiger partial charge in [0.05, 0.1) is 6.04 Å². The Kier molecular flexibility index (Phi) is 4.68. The first kappa shape index (κ1) is 16.0. The van der Waals surface area contributed by atoms with Crippen LogP contribution in [0.2, 0.25) is 0 Å². The Morgan fingerprint density at radius 2 is 2.13 bits per heavy atom. The van der Waals surface area contributed by atoms with Crippen molar-refractivity contribution in [2.75, 3.05) is 13.2 Å². The van der Waals surface area contributed by atoms with Crippen molar-refractivity contribution in [2.45, 2.75) is 39.3 Å². The van der Waals surface area contributed by atoms with Gasteiger partial charge in [-0.15, -0.1) is 0 Å². The SMILES string of the molecule is Cc1[nH]c2ccc(CNC(=O)C(N)C3CCOCC3)cc2c1C. The highest BCUT2D eigenvalue weighted by Gasteiger charge is 2.26. The number of amides is 1. The van der Waals surface area contributed by atoms with Crippen molar-refractivity contribution in [1.29, 1.82) is 0 Å². The third kappa shape index (κ3) is 3.41. The van der Waals surface area contributed by atoms with Crippen molar-refractivity contribution in [3.8, 4) is 0 Å². The van der Waals surface area contributed by atoms with Gasteiger partial charge in [-0.05, 0) is 55.9 Å². The zero-order valence-corrected chi connectivity index (χ0v) is 13.8. The molecule has 0 bridgehead atoms. The van der Waals surface area contributed by atoms with Crippen molar-refractivity contribution < 1.29 is 9.53 Å². The molecular formula is C18H25N3O2. The molecule has 1 amide bonds. The lowest BCUT2D eigenvalue weighted by atomic mass is 9.92. The van der Waals surface area contributed by atoms with Crippen LogP contribution in [-0.4, -0.2) is 30.1 Å². The van der Waals surface area contributed by atoms with Gasteiger partial charge in [-0.2, -0.15) is 0 Å². The molecule has 3 rings (SSSR count). The predicted octanol–water partition coefficient (Wildman–Crippen LogP) is 2.15. The standard InChI is InChI=1S/C18H25N3O2/c1-11-12(2)21-16-4-3-13(9-15(11)16)10-20-18(22)17(19)14-5-7-23-8-6-14/h3-4,9,14,17,21H,5-8,10,19H2,1-2H3,(H,20,22). The minimum Gasteiger partial charge on any atom is -0.381 e. The Hall–Kier alpha value is -1.85. The van der Waals surface area contributed by atoms with E-state index < -0.39 is 6.04 Å². The first-order valence-corrected chi connectivity index (χ1v) is 8.25. The molecule has 1 aromatic heterocycles. The molecule has 1 fully saturated rings. The quantitative estimate of drug-likeness (QED) is 0.809. The first-order valence-electron chi connectivity index (χ1n) is 8.25. The number of hydrogen-bond donors (Lipinski definition) is 3. The van der Waals surface area contributed by atoms with Crippen LogP contribution in [0.5, 0.6) is 0 Å². The number of aromatic nitrogens is 1. The summed E-state index contributed by atoms with van der Waals surface area (Å²) in [5.41, 5.74) is 10.8. The van der Waals surface area contributed by atoms with Crippen LogP contribution in [-0.2, 0) is 16.1 Å². The third-order valence-corrected chi connectivity index (χ3v) is 4.92. The summed E-state index contributed by atoms with van der Waals surface area (Å²) in [5.74, 6) is 0.153. The van der Waals surface area contributed by atoms with Crippen LogP contribution >= 0.6 is 0 Å². The summed E-state index contributed by atoms with van der Waals surface area (Å²) in [7, 11) is 0. The average molecular weight is 315 g/mol. The Morgan fingerprint density at radius 3 is 2.87 bits per heavy atom. The van der Waals surface area contributed by atoms with Crippen LogP contribution in [0.15, 0.2) is 18.2 Å². The van der Waals surface area contributed by atoms with Crippen molar-refractivity contribution >= 4 is 16.8 Å². The van der Waals surface area contributed by atoms with E-state index in [9.17, 15) is 4.79 Å². The number of nitrogens with one attached hydrogen (secondary N) is 2. The van der Waals surface area contributed by atoms with Crippen LogP contribution in [0, 0.1) is 19.8 Å². The van der Waals surface area contributed by atoms with E-state index in [1.165, 1.54) is 16.6 Å². The summed E-state index contributed by atoms with van der Waals surface area (Å²) >= 11 is 0. The Labute approximate surface area is 136 Å². The maximum absolute atomic E-state index is 12.3. The lowest BCUT2D eigenvalue weighted by Gasteiger charge is -2.26. The number of carbonyl (C=O) groups is 1. The number of fused-ring (bicyclic) bond motifs is 1. The van der Waals surface area contributed by atoms with Crippen molar-refractivity contribution in [3.63, 3.8) is 0 Å². The molecule has 1 atom stereocenters. The summed E-state index contributed by atoms with van der Waals surface area (Å²) in [4.78, 5) is 15.6. The largest absolute Gasteiger partial charge is 0.381 e. The van der Waals surface area contributed by atoms with E-state index in [2.05, 4.69) is 36.3 Å². The Balaban J connectivity index is 1.63. The maximum atomic E-state index is 12.3. The highest BCUT2D eigenvalue weighted by Crippen LogP contribution is 2.22. The third-order valence-electron chi connectivity index (χ3n) is 4.92. The molecule has 0 aliphatic carbocycles. The van der Waals surface area contributed by atoms with Crippen molar-refractivity contribution in [2.24, 2.45) is 11.7 Å². The van der Waals surface area contributed by atoms with Gasteiger partial charge in [0.2, 0.25) is 5.91 Å². The molecule has 2 heterocycles. The van der Waals surface area contributed by atoms with E-state index in [4.69, 9.17) is 10.5 Å². The zero-order chi connectivity index (χ0) is 16.4. The van der Waals surface area contributed by atoms with E-state index in [1.807, 2.05) is 6.07 Å². The molecule has 124 valence electrons. The van der Waals surface area contributed by atoms with E-state index >= 15 is 0 Å². The zero-order valence-electron chi connectivity index (χ0n) is 13.8. The monoisotopic (exact) mass is 315 g/mol. The van der Waals surface area contributed by atoms with Gasteiger partial charge < -0.3 is 20.8 Å². The number of H-pyrrole nitrogens is 1. The molecule has 1 unspecified atom stereocenters. The first-order chi connectivity index (χ1) is 11.1. The smallest absolute Gasteiger partial charge is 0.237 e. The fraction of sp³-hybridized carbons (Fsp3) is 0.500. The lowest BCUT2D eigenvalue weighted by Crippen LogP contribution is -2.46. The van der Waals surface area contributed by atoms with E-state index in [0.717, 1.165) is 23.9 Å². The molecule has 0 spiro atoms. The summed E-state index contributed by atoms with van der Waals surface area (Å²) in [6, 6.07) is 5.79. The topological polar surface area (TPSA) is 80.1 Å². The highest BCUT2D eigenvalue weighted by atomic mass is 16.5. The normalized spacial score (nSPS) is 17.3. The Bertz CT molecular complexity index is 702. The fourth-order valence-corrected chi connectivity index (χ4v) is 3.21. The van der Waals surface area contributed by atoms with Gasteiger partial charge in [-0.25, -0.2) is 0 Å². The fourth-order valence-electron chi connectivity index (χ4n) is 3.21. The van der Waals surface area contributed by atoms with E-state index in [-0.39, 0.29) is 11.8 Å². The van der Waals surface area contributed by atoms with E-state index in [0.29, 0.717) is 19.8 Å². The number of carbonyl (C=O) groups excluding carboxylic acids is 1. The molecule has 1 aromatic carbocycles. The second-order valence-corrected chi connectivity index (χ2v) is 6.45. The summed E-state index contributed by atoms with van der Waals surface area (Å²) in [6.45, 7) is 6.10. The molecular weight excluding hydrogens is 290 g/mol. The molecule has 1 aliphatic heterocycles. The Morgan fingerprint density at radius 1 is 1.39 bits per heavy atom. The van der Waals surface area contributed by atoms with Gasteiger partial charge in [0.15, 0.2) is 0 Å². The lowest BCUT2D eigenvalue weighted by molar-refractivity contribution is -0.124. The molecule has 0 radical (unpaired) electrons. The second kappa shape index (κ2) is 6.72. The van der Waals surface area contributed by atoms with Crippen LogP contribution in [0.3, 0.4) is 0 Å².